The van der Waals surface area contributed by atoms with Gasteiger partial charge in [-0.15, -0.1) is 0 Å². The summed E-state index contributed by atoms with van der Waals surface area (Å²) < 4.78 is 30.3. The molecule has 0 unspecified atom stereocenters. The molecule has 8 heteroatoms. The molecule has 2 N–H and O–H groups in total. The molecule has 2 aromatic rings. The van der Waals surface area contributed by atoms with Crippen molar-refractivity contribution < 1.29 is 23.4 Å². The first-order chi connectivity index (χ1) is 11.2. The maximum atomic E-state index is 14.5. The van der Waals surface area contributed by atoms with Gasteiger partial charge in [0, 0.05) is 19.4 Å². The lowest BCUT2D eigenvalue weighted by atomic mass is 10.1. The normalized spacial score (nSPS) is 14.5. The van der Waals surface area contributed by atoms with E-state index in [0.29, 0.717) is 17.1 Å². The number of nitrogen functional groups attached to an aromatic ring is 1. The van der Waals surface area contributed by atoms with Crippen LogP contribution in [0.4, 0.5) is 10.1 Å². The number of esters is 1. The van der Waals surface area contributed by atoms with Gasteiger partial charge in [-0.3, -0.25) is 0 Å². The number of anilines is 1. The lowest BCUT2D eigenvalue weighted by molar-refractivity contribution is -0.0431. The molecule has 1 aliphatic rings. The van der Waals surface area contributed by atoms with E-state index in [1.807, 2.05) is 0 Å². The predicted molar refractivity (Wildman–Crippen MR) is 85.7 cm³/mol. The van der Waals surface area contributed by atoms with E-state index in [2.05, 4.69) is 9.72 Å². The fraction of sp³-hybridized carbons (Fsp3) is 0.250. The quantitative estimate of drug-likeness (QED) is 0.834. The molecule has 0 atom stereocenters. The first-order valence-electron chi connectivity index (χ1n) is 6.98. The third kappa shape index (κ3) is 2.60. The number of carbonyl (C=O) groups is 1. The highest BCUT2D eigenvalue weighted by molar-refractivity contribution is 6.35. The lowest BCUT2D eigenvalue weighted by Gasteiger charge is -2.16. The number of pyridine rings is 1. The Balaban J connectivity index is 2.14. The lowest BCUT2D eigenvalue weighted by Crippen LogP contribution is -2.29. The number of ether oxygens (including phenoxy) is 3. The van der Waals surface area contributed by atoms with Gasteiger partial charge in [-0.25, -0.2) is 14.2 Å². The molecule has 6 nitrogen and oxygen atoms in total. The second-order valence-corrected chi connectivity index (χ2v) is 5.99. The van der Waals surface area contributed by atoms with Crippen LogP contribution in [0.2, 0.25) is 5.02 Å². The van der Waals surface area contributed by atoms with Gasteiger partial charge in [-0.2, -0.15) is 0 Å². The van der Waals surface area contributed by atoms with Gasteiger partial charge < -0.3 is 19.9 Å². The van der Waals surface area contributed by atoms with Crippen LogP contribution in [0.15, 0.2) is 18.2 Å². The van der Waals surface area contributed by atoms with Gasteiger partial charge in [0.05, 0.1) is 17.8 Å². The molecule has 0 aliphatic carbocycles. The van der Waals surface area contributed by atoms with E-state index < -0.39 is 17.6 Å². The molecule has 0 saturated heterocycles. The number of aromatic nitrogens is 1. The summed E-state index contributed by atoms with van der Waals surface area (Å²) in [4.78, 5) is 15.7. The zero-order valence-corrected chi connectivity index (χ0v) is 13.9. The molecule has 24 heavy (non-hydrogen) atoms. The van der Waals surface area contributed by atoms with Crippen molar-refractivity contribution in [2.24, 2.45) is 0 Å². The fourth-order valence-electron chi connectivity index (χ4n) is 2.35. The summed E-state index contributed by atoms with van der Waals surface area (Å²) in [6.07, 6.45) is 0. The summed E-state index contributed by atoms with van der Waals surface area (Å²) >= 11 is 5.89. The molecule has 0 saturated carbocycles. The van der Waals surface area contributed by atoms with Gasteiger partial charge in [0.25, 0.3) is 0 Å². The second-order valence-electron chi connectivity index (χ2n) is 5.61. The molecule has 3 rings (SSSR count). The maximum absolute atomic E-state index is 14.5. The van der Waals surface area contributed by atoms with Crippen LogP contribution in [0.25, 0.3) is 11.3 Å². The molecule has 1 aromatic carbocycles. The fourth-order valence-corrected chi connectivity index (χ4v) is 2.56. The molecule has 0 radical (unpaired) electrons. The molecular formula is C16H14ClFN2O4. The SMILES string of the molecule is COC(=O)c1nc(-c2ccc3c(c2)OC(C)(C)O3)c(F)c(N)c1Cl. The zero-order chi connectivity index (χ0) is 17.6. The van der Waals surface area contributed by atoms with Gasteiger partial charge in [0.15, 0.2) is 23.0 Å². The van der Waals surface area contributed by atoms with Crippen molar-refractivity contribution in [3.8, 4) is 22.8 Å². The Labute approximate surface area is 142 Å². The van der Waals surface area contributed by atoms with Crippen LogP contribution in [0.1, 0.15) is 24.3 Å². The number of hydrogen-bond acceptors (Lipinski definition) is 6. The molecule has 0 amide bonds. The van der Waals surface area contributed by atoms with Crippen LogP contribution in [-0.4, -0.2) is 23.9 Å². The highest BCUT2D eigenvalue weighted by Gasteiger charge is 2.32. The molecule has 126 valence electrons. The minimum atomic E-state index is -0.828. The van der Waals surface area contributed by atoms with Crippen molar-refractivity contribution in [1.82, 2.24) is 4.98 Å². The van der Waals surface area contributed by atoms with Crippen molar-refractivity contribution in [3.05, 3.63) is 34.7 Å². The van der Waals surface area contributed by atoms with E-state index in [4.69, 9.17) is 26.8 Å². The van der Waals surface area contributed by atoms with Crippen LogP contribution < -0.4 is 15.2 Å². The third-order valence-electron chi connectivity index (χ3n) is 3.42. The topological polar surface area (TPSA) is 83.7 Å². The van der Waals surface area contributed by atoms with Crippen LogP contribution in [0.3, 0.4) is 0 Å². The summed E-state index contributed by atoms with van der Waals surface area (Å²) in [5, 5.41) is -0.287. The van der Waals surface area contributed by atoms with E-state index >= 15 is 0 Å². The molecule has 0 fully saturated rings. The summed E-state index contributed by atoms with van der Waals surface area (Å²) in [6.45, 7) is 3.50. The van der Waals surface area contributed by atoms with Crippen molar-refractivity contribution in [2.75, 3.05) is 12.8 Å². The number of rotatable bonds is 2. The van der Waals surface area contributed by atoms with Crippen LogP contribution in [-0.2, 0) is 4.74 Å². The number of benzene rings is 1. The Kier molecular flexibility index (Phi) is 3.76. The van der Waals surface area contributed by atoms with Crippen LogP contribution in [0.5, 0.6) is 11.5 Å². The Morgan fingerprint density at radius 3 is 2.67 bits per heavy atom. The minimum absolute atomic E-state index is 0.131. The Morgan fingerprint density at radius 1 is 1.33 bits per heavy atom. The van der Waals surface area contributed by atoms with E-state index in [-0.39, 0.29) is 22.1 Å². The number of hydrogen-bond donors (Lipinski definition) is 1. The average molecular weight is 353 g/mol. The average Bonchev–Trinajstić information content (AvgIpc) is 2.85. The summed E-state index contributed by atoms with van der Waals surface area (Å²) in [7, 11) is 1.17. The van der Waals surface area contributed by atoms with Crippen molar-refractivity contribution in [1.29, 1.82) is 0 Å². The molecular weight excluding hydrogens is 339 g/mol. The van der Waals surface area contributed by atoms with E-state index in [0.717, 1.165) is 0 Å². The van der Waals surface area contributed by atoms with Crippen LogP contribution >= 0.6 is 11.6 Å². The Bertz CT molecular complexity index is 854. The number of carbonyl (C=O) groups excluding carboxylic acids is 1. The van der Waals surface area contributed by atoms with E-state index in [9.17, 15) is 9.18 Å². The molecule has 2 heterocycles. The van der Waals surface area contributed by atoms with Crippen molar-refractivity contribution in [3.63, 3.8) is 0 Å². The van der Waals surface area contributed by atoms with Crippen molar-refractivity contribution >= 4 is 23.3 Å². The Morgan fingerprint density at radius 2 is 2.00 bits per heavy atom. The standard InChI is InChI=1S/C16H14ClFN2O4/c1-16(2)23-8-5-4-7(6-9(8)24-16)13-11(18)12(19)10(17)14(20-13)15(21)22-3/h4-6H,1-3H3,(H2,19,20). The largest absolute Gasteiger partial charge is 0.464 e. The monoisotopic (exact) mass is 352 g/mol. The number of nitrogens with zero attached hydrogens (tertiary/aromatic N) is 1. The van der Waals surface area contributed by atoms with Crippen LogP contribution in [0, 0.1) is 5.82 Å². The van der Waals surface area contributed by atoms with Crippen molar-refractivity contribution in [2.45, 2.75) is 19.6 Å². The number of nitrogens with two attached hydrogens (primary N) is 1. The molecule has 1 aliphatic heterocycles. The molecule has 0 spiro atoms. The third-order valence-corrected chi connectivity index (χ3v) is 3.80. The highest BCUT2D eigenvalue weighted by atomic mass is 35.5. The van der Waals surface area contributed by atoms with Gasteiger partial charge in [-0.1, -0.05) is 11.6 Å². The van der Waals surface area contributed by atoms with E-state index in [1.54, 1.807) is 32.0 Å². The smallest absolute Gasteiger partial charge is 0.358 e. The van der Waals surface area contributed by atoms with Gasteiger partial charge >= 0.3 is 5.97 Å². The minimum Gasteiger partial charge on any atom is -0.464 e. The molecule has 0 bridgehead atoms. The van der Waals surface area contributed by atoms with Gasteiger partial charge in [-0.05, 0) is 18.2 Å². The highest BCUT2D eigenvalue weighted by Crippen LogP contribution is 2.42. The summed E-state index contributed by atoms with van der Waals surface area (Å²) in [6, 6.07) is 4.77. The maximum Gasteiger partial charge on any atom is 0.358 e. The summed E-state index contributed by atoms with van der Waals surface area (Å²) in [5.74, 6) is -1.49. The predicted octanol–water partition coefficient (Wildman–Crippen LogP) is 3.42. The molecule has 1 aromatic heterocycles. The number of halogens is 2. The van der Waals surface area contributed by atoms with Gasteiger partial charge in [0.2, 0.25) is 5.79 Å². The van der Waals surface area contributed by atoms with Gasteiger partial charge in [0.1, 0.15) is 5.69 Å². The second kappa shape index (κ2) is 5.52. The summed E-state index contributed by atoms with van der Waals surface area (Å²) in [5.41, 5.74) is 5.26. The first-order valence-corrected chi connectivity index (χ1v) is 7.36. The zero-order valence-electron chi connectivity index (χ0n) is 13.1. The number of methoxy groups -OCH3 is 1. The first kappa shape index (κ1) is 16.3. The Hall–Kier alpha value is -2.54. The van der Waals surface area contributed by atoms with E-state index in [1.165, 1.54) is 7.11 Å². The number of fused-ring (bicyclic) bond motifs is 1.